The number of nitrogens with zero attached hydrogens (tertiary/aromatic N) is 2. The van der Waals surface area contributed by atoms with E-state index in [2.05, 4.69) is 5.32 Å². The van der Waals surface area contributed by atoms with E-state index >= 15 is 0 Å². The molecule has 0 atom stereocenters. The van der Waals surface area contributed by atoms with Crippen LogP contribution in [0.3, 0.4) is 0 Å². The molecule has 7 nitrogen and oxygen atoms in total. The number of methoxy groups -OCH3 is 1. The highest BCUT2D eigenvalue weighted by Crippen LogP contribution is 2.29. The quantitative estimate of drug-likeness (QED) is 0.858. The number of carbonyl (C=O) groups excluding carboxylic acids is 1. The van der Waals surface area contributed by atoms with Crippen molar-refractivity contribution < 1.29 is 19.4 Å². The summed E-state index contributed by atoms with van der Waals surface area (Å²) in [6, 6.07) is 6.09. The molecule has 0 bridgehead atoms. The maximum Gasteiger partial charge on any atom is 0.323 e. The van der Waals surface area contributed by atoms with E-state index in [0.717, 1.165) is 12.8 Å². The summed E-state index contributed by atoms with van der Waals surface area (Å²) >= 11 is 0. The van der Waals surface area contributed by atoms with Gasteiger partial charge < -0.3 is 20.1 Å². The molecule has 1 aliphatic carbocycles. The van der Waals surface area contributed by atoms with Gasteiger partial charge in [-0.05, 0) is 25.0 Å². The van der Waals surface area contributed by atoms with Gasteiger partial charge in [-0.25, -0.2) is 4.79 Å². The van der Waals surface area contributed by atoms with Crippen molar-refractivity contribution in [2.75, 3.05) is 19.0 Å². The summed E-state index contributed by atoms with van der Waals surface area (Å²) in [7, 11) is 1.43. The van der Waals surface area contributed by atoms with Crippen molar-refractivity contribution in [3.63, 3.8) is 0 Å². The second kappa shape index (κ2) is 6.13. The average molecular weight is 289 g/mol. The third-order valence-electron chi connectivity index (χ3n) is 3.13. The van der Waals surface area contributed by atoms with Crippen molar-refractivity contribution in [2.24, 2.45) is 0 Å². The number of hydrogen-bond donors (Lipinski definition) is 2. The number of ether oxygens (including phenoxy) is 1. The lowest BCUT2D eigenvalue weighted by Gasteiger charge is -2.21. The van der Waals surface area contributed by atoms with Crippen LogP contribution in [-0.4, -0.2) is 41.7 Å². The van der Waals surface area contributed by atoms with E-state index in [1.807, 2.05) is 6.07 Å². The molecule has 1 aliphatic rings. The van der Waals surface area contributed by atoms with Crippen LogP contribution in [0.1, 0.15) is 18.4 Å². The Bertz CT molecular complexity index is 605. The highest BCUT2D eigenvalue weighted by molar-refractivity contribution is 5.93. The number of nitrogens with one attached hydrogen (secondary N) is 1. The third-order valence-corrected chi connectivity index (χ3v) is 3.13. The van der Waals surface area contributed by atoms with E-state index in [9.17, 15) is 9.59 Å². The van der Waals surface area contributed by atoms with E-state index in [1.54, 1.807) is 12.1 Å². The highest BCUT2D eigenvalue weighted by atomic mass is 16.5. The zero-order valence-electron chi connectivity index (χ0n) is 11.5. The zero-order chi connectivity index (χ0) is 15.4. The monoisotopic (exact) mass is 289 g/mol. The SMILES string of the molecule is COc1cc(C#N)ccc1NC(=O)N(CC(=O)O)C1CC1. The molecule has 0 saturated heterocycles. The van der Waals surface area contributed by atoms with E-state index in [-0.39, 0.29) is 12.6 Å². The predicted octanol–water partition coefficient (Wildman–Crippen LogP) is 1.65. The molecule has 21 heavy (non-hydrogen) atoms. The molecule has 7 heteroatoms. The average Bonchev–Trinajstić information content (AvgIpc) is 3.29. The Labute approximate surface area is 121 Å². The smallest absolute Gasteiger partial charge is 0.323 e. The molecule has 2 amide bonds. The Morgan fingerprint density at radius 2 is 2.24 bits per heavy atom. The highest BCUT2D eigenvalue weighted by Gasteiger charge is 2.34. The van der Waals surface area contributed by atoms with Crippen LogP contribution in [0.5, 0.6) is 5.75 Å². The van der Waals surface area contributed by atoms with Crippen LogP contribution in [0.25, 0.3) is 0 Å². The molecule has 1 aromatic carbocycles. The van der Waals surface area contributed by atoms with Gasteiger partial charge in [0.25, 0.3) is 0 Å². The number of aliphatic carboxylic acids is 1. The molecule has 0 radical (unpaired) electrons. The molecule has 0 spiro atoms. The van der Waals surface area contributed by atoms with E-state index < -0.39 is 12.0 Å². The van der Waals surface area contributed by atoms with Crippen LogP contribution in [0.4, 0.5) is 10.5 Å². The summed E-state index contributed by atoms with van der Waals surface area (Å²) in [6.07, 6.45) is 1.62. The molecule has 0 aromatic heterocycles. The van der Waals surface area contributed by atoms with Gasteiger partial charge in [0.1, 0.15) is 12.3 Å². The van der Waals surface area contributed by atoms with Gasteiger partial charge in [0.2, 0.25) is 0 Å². The van der Waals surface area contributed by atoms with Gasteiger partial charge in [-0.15, -0.1) is 0 Å². The van der Waals surface area contributed by atoms with Crippen molar-refractivity contribution in [2.45, 2.75) is 18.9 Å². The second-order valence-electron chi connectivity index (χ2n) is 4.71. The van der Waals surface area contributed by atoms with E-state index in [0.29, 0.717) is 17.0 Å². The van der Waals surface area contributed by atoms with Crippen molar-refractivity contribution in [1.29, 1.82) is 5.26 Å². The van der Waals surface area contributed by atoms with Gasteiger partial charge >= 0.3 is 12.0 Å². The lowest BCUT2D eigenvalue weighted by Crippen LogP contribution is -2.40. The minimum Gasteiger partial charge on any atom is -0.495 e. The Morgan fingerprint density at radius 3 is 2.76 bits per heavy atom. The number of hydrogen-bond acceptors (Lipinski definition) is 4. The number of rotatable bonds is 5. The van der Waals surface area contributed by atoms with E-state index in [4.69, 9.17) is 15.1 Å². The number of amides is 2. The maximum absolute atomic E-state index is 12.2. The molecule has 1 aromatic rings. The largest absolute Gasteiger partial charge is 0.495 e. The lowest BCUT2D eigenvalue weighted by molar-refractivity contribution is -0.137. The van der Waals surface area contributed by atoms with Crippen LogP contribution in [0.2, 0.25) is 0 Å². The number of carbonyl (C=O) groups is 2. The summed E-state index contributed by atoms with van der Waals surface area (Å²) < 4.78 is 5.12. The van der Waals surface area contributed by atoms with Gasteiger partial charge in [-0.3, -0.25) is 4.79 Å². The Morgan fingerprint density at radius 1 is 1.52 bits per heavy atom. The second-order valence-corrected chi connectivity index (χ2v) is 4.71. The fraction of sp³-hybridized carbons (Fsp3) is 0.357. The van der Waals surface area contributed by atoms with Crippen LogP contribution >= 0.6 is 0 Å². The molecule has 0 heterocycles. The molecule has 0 aliphatic heterocycles. The fourth-order valence-corrected chi connectivity index (χ4v) is 1.95. The first-order valence-corrected chi connectivity index (χ1v) is 6.42. The molecule has 2 rings (SSSR count). The normalized spacial score (nSPS) is 13.1. The van der Waals surface area contributed by atoms with Crippen LogP contribution in [0.15, 0.2) is 18.2 Å². The molecule has 0 unspecified atom stereocenters. The lowest BCUT2D eigenvalue weighted by atomic mass is 10.2. The zero-order valence-corrected chi connectivity index (χ0v) is 11.5. The summed E-state index contributed by atoms with van der Waals surface area (Å²) in [6.45, 7) is -0.338. The first-order chi connectivity index (χ1) is 10.0. The number of carboxylic acid groups (broad SMARTS) is 1. The Kier molecular flexibility index (Phi) is 4.28. The number of urea groups is 1. The summed E-state index contributed by atoms with van der Waals surface area (Å²) in [5.74, 6) is -0.697. The van der Waals surface area contributed by atoms with Gasteiger partial charge in [0.05, 0.1) is 24.4 Å². The van der Waals surface area contributed by atoms with Crippen molar-refractivity contribution in [3.8, 4) is 11.8 Å². The first kappa shape index (κ1) is 14.7. The Balaban J connectivity index is 2.14. The minimum absolute atomic E-state index is 0.0227. The number of nitriles is 1. The molecule has 110 valence electrons. The predicted molar refractivity (Wildman–Crippen MR) is 74.1 cm³/mol. The number of anilines is 1. The van der Waals surface area contributed by atoms with Gasteiger partial charge in [-0.2, -0.15) is 5.26 Å². The molecular formula is C14H15N3O4. The standard InChI is InChI=1S/C14H15N3O4/c1-21-12-6-9(7-15)2-5-11(12)16-14(20)17(8-13(18)19)10-3-4-10/h2,5-6,10H,3-4,8H2,1H3,(H,16,20)(H,18,19). The van der Waals surface area contributed by atoms with Crippen molar-refractivity contribution in [3.05, 3.63) is 23.8 Å². The Hall–Kier alpha value is -2.75. The third kappa shape index (κ3) is 3.63. The van der Waals surface area contributed by atoms with Crippen molar-refractivity contribution in [1.82, 2.24) is 4.90 Å². The summed E-state index contributed by atoms with van der Waals surface area (Å²) in [5.41, 5.74) is 0.812. The van der Waals surface area contributed by atoms with Gasteiger partial charge in [0, 0.05) is 12.1 Å². The number of benzene rings is 1. The van der Waals surface area contributed by atoms with Crippen LogP contribution < -0.4 is 10.1 Å². The summed E-state index contributed by atoms with van der Waals surface area (Å²) in [4.78, 5) is 24.3. The summed E-state index contributed by atoms with van der Waals surface area (Å²) in [5, 5.41) is 20.3. The molecule has 2 N–H and O–H groups in total. The molecular weight excluding hydrogens is 274 g/mol. The van der Waals surface area contributed by atoms with E-state index in [1.165, 1.54) is 18.1 Å². The fourth-order valence-electron chi connectivity index (χ4n) is 1.95. The topological polar surface area (TPSA) is 103 Å². The first-order valence-electron chi connectivity index (χ1n) is 6.42. The van der Waals surface area contributed by atoms with Crippen molar-refractivity contribution >= 4 is 17.7 Å². The minimum atomic E-state index is -1.05. The number of carboxylic acids is 1. The van der Waals surface area contributed by atoms with Crippen LogP contribution in [0, 0.1) is 11.3 Å². The molecule has 1 saturated carbocycles. The maximum atomic E-state index is 12.2. The molecule has 1 fully saturated rings. The van der Waals surface area contributed by atoms with Crippen LogP contribution in [-0.2, 0) is 4.79 Å². The van der Waals surface area contributed by atoms with Gasteiger partial charge in [0.15, 0.2) is 0 Å². The van der Waals surface area contributed by atoms with Gasteiger partial charge in [-0.1, -0.05) is 0 Å².